The molecule has 160 valence electrons. The Kier molecular flexibility index (Phi) is 5.50. The van der Waals surface area contributed by atoms with E-state index in [1.54, 1.807) is 0 Å². The number of hydrogen-bond donors (Lipinski definition) is 1. The number of aromatic nitrogens is 1. The second kappa shape index (κ2) is 7.51. The fourth-order valence-electron chi connectivity index (χ4n) is 2.40. The Labute approximate surface area is 168 Å². The summed E-state index contributed by atoms with van der Waals surface area (Å²) in [5.41, 5.74) is 2.00. The van der Waals surface area contributed by atoms with Crippen molar-refractivity contribution in [3.63, 3.8) is 0 Å². The average Bonchev–Trinajstić information content (AvgIpc) is 3.03. The van der Waals surface area contributed by atoms with Gasteiger partial charge < -0.3 is 5.32 Å². The summed E-state index contributed by atoms with van der Waals surface area (Å²) in [6.45, 7) is 1.91. The fourth-order valence-corrected chi connectivity index (χ4v) is 3.47. The molecule has 3 rings (SSSR count). The van der Waals surface area contributed by atoms with Gasteiger partial charge in [-0.05, 0) is 48.9 Å². The molecule has 0 fully saturated rings. The molecule has 0 unspecified atom stereocenters. The maximum Gasteiger partial charge on any atom is 0.527 e. The molecule has 12 heteroatoms. The summed E-state index contributed by atoms with van der Waals surface area (Å²) < 4.78 is 92.0. The van der Waals surface area contributed by atoms with E-state index in [1.165, 1.54) is 28.8 Å². The molecule has 1 aromatic heterocycles. The number of fused-ring (bicyclic) bond motifs is 1. The number of ether oxygens (including phenoxy) is 1. The summed E-state index contributed by atoms with van der Waals surface area (Å²) in [5.74, 6) is -8.42. The van der Waals surface area contributed by atoms with E-state index in [4.69, 9.17) is 0 Å². The van der Waals surface area contributed by atoms with E-state index in [2.05, 4.69) is 9.72 Å². The number of nitrogens with zero attached hydrogens (tertiary/aromatic N) is 1. The van der Waals surface area contributed by atoms with E-state index < -0.39 is 24.3 Å². The van der Waals surface area contributed by atoms with Crippen molar-refractivity contribution in [3.05, 3.63) is 48.0 Å². The summed E-state index contributed by atoms with van der Waals surface area (Å²) in [6.07, 6.45) is -12.2. The average molecular weight is 452 g/mol. The lowest BCUT2D eigenvalue weighted by Crippen LogP contribution is -2.53. The largest absolute Gasteiger partial charge is 0.527 e. The number of thiazole rings is 1. The van der Waals surface area contributed by atoms with Crippen LogP contribution in [0.5, 0.6) is 0 Å². The van der Waals surface area contributed by atoms with Crippen molar-refractivity contribution in [3.8, 4) is 10.6 Å². The molecule has 0 bridgehead atoms. The molecule has 1 heterocycles. The number of amides is 1. The third-order valence-corrected chi connectivity index (χ3v) is 4.90. The Morgan fingerprint density at radius 2 is 1.63 bits per heavy atom. The summed E-state index contributed by atoms with van der Waals surface area (Å²) in [5, 5.41) is 2.04. The number of benzene rings is 2. The molecule has 0 saturated carbocycles. The highest BCUT2D eigenvalue weighted by Crippen LogP contribution is 2.40. The lowest BCUT2D eigenvalue weighted by atomic mass is 10.2. The Morgan fingerprint density at radius 3 is 2.23 bits per heavy atom. The van der Waals surface area contributed by atoms with E-state index in [0.29, 0.717) is 10.6 Å². The molecule has 0 saturated heterocycles. The number of alkyl halides is 7. The number of rotatable bonds is 5. The minimum atomic E-state index is -6.09. The molecule has 1 amide bonds. The van der Waals surface area contributed by atoms with Gasteiger partial charge in [0.1, 0.15) is 5.01 Å². The van der Waals surface area contributed by atoms with Crippen LogP contribution in [0.2, 0.25) is 0 Å². The molecule has 0 aliphatic rings. The lowest BCUT2D eigenvalue weighted by Gasteiger charge is -2.25. The summed E-state index contributed by atoms with van der Waals surface area (Å²) in [4.78, 5) is 15.9. The first-order valence-electron chi connectivity index (χ1n) is 8.10. The molecule has 4 nitrogen and oxygen atoms in total. The number of carbonyl (C=O) groups is 1. The van der Waals surface area contributed by atoms with E-state index >= 15 is 0 Å². The molecule has 2 aromatic carbocycles. The van der Waals surface area contributed by atoms with Crippen LogP contribution in [0.15, 0.2) is 42.5 Å². The lowest BCUT2D eigenvalue weighted by molar-refractivity contribution is -0.457. The van der Waals surface area contributed by atoms with Crippen LogP contribution < -0.4 is 5.32 Å². The van der Waals surface area contributed by atoms with Crippen LogP contribution in [0.25, 0.3) is 20.8 Å². The molecule has 3 aromatic rings. The van der Waals surface area contributed by atoms with Gasteiger partial charge in [-0.25, -0.2) is 9.72 Å². The van der Waals surface area contributed by atoms with Crippen molar-refractivity contribution >= 4 is 33.1 Å². The first kappa shape index (κ1) is 22.0. The molecular weight excluding hydrogens is 441 g/mol. The van der Waals surface area contributed by atoms with E-state index in [-0.39, 0.29) is 5.69 Å². The van der Waals surface area contributed by atoms with Crippen LogP contribution in [0.1, 0.15) is 5.56 Å². The quantitative estimate of drug-likeness (QED) is 0.485. The smallest absolute Gasteiger partial charge is 0.321 e. The van der Waals surface area contributed by atoms with Crippen molar-refractivity contribution in [2.75, 3.05) is 5.32 Å². The highest BCUT2D eigenvalue weighted by atomic mass is 32.1. The number of anilines is 1. The Hall–Kier alpha value is -2.73. The zero-order chi connectivity index (χ0) is 22.3. The maximum absolute atomic E-state index is 13.5. The molecule has 0 aliphatic heterocycles. The first-order chi connectivity index (χ1) is 13.8. The van der Waals surface area contributed by atoms with Gasteiger partial charge in [0.05, 0.1) is 10.2 Å². The monoisotopic (exact) mass is 452 g/mol. The van der Waals surface area contributed by atoms with Crippen LogP contribution in [-0.4, -0.2) is 29.3 Å². The number of aryl methyl sites for hydroxylation is 1. The zero-order valence-electron chi connectivity index (χ0n) is 14.9. The van der Waals surface area contributed by atoms with Crippen LogP contribution in [-0.2, 0) is 9.53 Å². The topological polar surface area (TPSA) is 51.2 Å². The number of nitrogens with one attached hydrogen (secondary N) is 1. The van der Waals surface area contributed by atoms with E-state index in [1.807, 2.05) is 25.1 Å². The minimum Gasteiger partial charge on any atom is -0.321 e. The van der Waals surface area contributed by atoms with Crippen LogP contribution in [0.4, 0.5) is 36.4 Å². The van der Waals surface area contributed by atoms with E-state index in [9.17, 15) is 35.5 Å². The fraction of sp³-hybridized carbons (Fsp3) is 0.222. The number of carbonyl (C=O) groups excluding carboxylic acids is 1. The molecule has 0 spiro atoms. The second-order valence-corrected chi connectivity index (χ2v) is 7.19. The van der Waals surface area contributed by atoms with Gasteiger partial charge in [0.25, 0.3) is 0 Å². The number of halogens is 7. The SMILES string of the molecule is Cc1ccc2nc(-c3ccc(NC(=O)C(F)(F)C(F)(F)OC(F)(F)F)cc3)sc2c1. The van der Waals surface area contributed by atoms with Crippen molar-refractivity contribution in [1.82, 2.24) is 4.98 Å². The molecule has 30 heavy (non-hydrogen) atoms. The van der Waals surface area contributed by atoms with Crippen molar-refractivity contribution < 1.29 is 40.3 Å². The van der Waals surface area contributed by atoms with E-state index in [0.717, 1.165) is 27.9 Å². The molecule has 0 aliphatic carbocycles. The van der Waals surface area contributed by atoms with Gasteiger partial charge in [0.2, 0.25) is 0 Å². The van der Waals surface area contributed by atoms with Crippen LogP contribution in [0, 0.1) is 6.92 Å². The molecule has 1 N–H and O–H groups in total. The molecule has 0 radical (unpaired) electrons. The maximum atomic E-state index is 13.5. The van der Waals surface area contributed by atoms with Gasteiger partial charge in [-0.2, -0.15) is 17.6 Å². The third-order valence-electron chi connectivity index (χ3n) is 3.83. The predicted octanol–water partition coefficient (Wildman–Crippen LogP) is 5.97. The Morgan fingerprint density at radius 1 is 1.00 bits per heavy atom. The predicted molar refractivity (Wildman–Crippen MR) is 95.5 cm³/mol. The van der Waals surface area contributed by atoms with Gasteiger partial charge in [0, 0.05) is 11.3 Å². The third kappa shape index (κ3) is 4.54. The minimum absolute atomic E-state index is 0.330. The standard InChI is InChI=1S/C18H11F7N2O2S/c1-9-2-7-12-13(8-9)30-14(27-12)10-3-5-11(6-4-10)26-15(28)16(19,20)17(21,22)29-18(23,24)25/h2-8H,1H3,(H,26,28). The van der Waals surface area contributed by atoms with Gasteiger partial charge in [-0.15, -0.1) is 24.5 Å². The second-order valence-electron chi connectivity index (χ2n) is 6.16. The van der Waals surface area contributed by atoms with Crippen LogP contribution >= 0.6 is 11.3 Å². The number of hydrogen-bond acceptors (Lipinski definition) is 4. The normalized spacial score (nSPS) is 12.9. The van der Waals surface area contributed by atoms with Gasteiger partial charge in [-0.1, -0.05) is 6.07 Å². The summed E-state index contributed by atoms with van der Waals surface area (Å²) >= 11 is 1.36. The highest BCUT2D eigenvalue weighted by Gasteiger charge is 2.67. The van der Waals surface area contributed by atoms with Gasteiger partial charge in [0.15, 0.2) is 0 Å². The van der Waals surface area contributed by atoms with Crippen LogP contribution in [0.3, 0.4) is 0 Å². The van der Waals surface area contributed by atoms with Crippen molar-refractivity contribution in [1.29, 1.82) is 0 Å². The Bertz CT molecular complexity index is 1080. The molecule has 0 atom stereocenters. The zero-order valence-corrected chi connectivity index (χ0v) is 15.7. The summed E-state index contributed by atoms with van der Waals surface area (Å²) in [7, 11) is 0. The van der Waals surface area contributed by atoms with Crippen molar-refractivity contribution in [2.45, 2.75) is 25.3 Å². The highest BCUT2D eigenvalue weighted by molar-refractivity contribution is 7.21. The van der Waals surface area contributed by atoms with Gasteiger partial charge >= 0.3 is 24.3 Å². The Balaban J connectivity index is 1.76. The molecular formula is C18H11F7N2O2S. The van der Waals surface area contributed by atoms with Crippen molar-refractivity contribution in [2.24, 2.45) is 0 Å². The van der Waals surface area contributed by atoms with Gasteiger partial charge in [-0.3, -0.25) is 4.79 Å². The first-order valence-corrected chi connectivity index (χ1v) is 8.92. The summed E-state index contributed by atoms with van der Waals surface area (Å²) in [6, 6.07) is 10.7.